The number of hydrogen-bond donors (Lipinski definition) is 0. The highest BCUT2D eigenvalue weighted by molar-refractivity contribution is 6.32. The van der Waals surface area contributed by atoms with Crippen LogP contribution in [0.1, 0.15) is 77.8 Å². The fourth-order valence-electron chi connectivity index (χ4n) is 5.85. The van der Waals surface area contributed by atoms with Crippen molar-refractivity contribution in [2.24, 2.45) is 0 Å². The largest absolute Gasteiger partial charge is 0.418 e. The van der Waals surface area contributed by atoms with Gasteiger partial charge in [0.25, 0.3) is 0 Å². The molecule has 5 heteroatoms. The van der Waals surface area contributed by atoms with Gasteiger partial charge in [0.1, 0.15) is 0 Å². The Morgan fingerprint density at radius 1 is 0.882 bits per heavy atom. The molecule has 184 valence electrons. The molecule has 4 rings (SSSR count). The molecule has 0 radical (unpaired) electrons. The zero-order valence-electron chi connectivity index (χ0n) is 21.5. The number of carbonyl (C=O) groups is 1. The van der Waals surface area contributed by atoms with Gasteiger partial charge in [-0.3, -0.25) is 4.79 Å². The minimum Gasteiger partial charge on any atom is -0.418 e. The van der Waals surface area contributed by atoms with Crippen molar-refractivity contribution in [1.82, 2.24) is 4.90 Å². The van der Waals surface area contributed by atoms with Crippen molar-refractivity contribution < 1.29 is 9.22 Å². The molecule has 2 aromatic rings. The molecule has 1 amide bonds. The highest BCUT2D eigenvalue weighted by Gasteiger charge is 2.53. The van der Waals surface area contributed by atoms with Gasteiger partial charge in [0.05, 0.1) is 11.0 Å². The summed E-state index contributed by atoms with van der Waals surface area (Å²) in [7, 11) is -0.717. The number of carbonyl (C=O) groups excluding carboxylic acids is 1. The van der Waals surface area contributed by atoms with Crippen LogP contribution in [0, 0.1) is 0 Å². The molecule has 0 bridgehead atoms. The molecule has 34 heavy (non-hydrogen) atoms. The number of amides is 1. The first-order valence-corrected chi connectivity index (χ1v) is 14.4. The fraction of sp³-hybridized carbons (Fsp3) is 0.552. The molecular weight excluding hydrogens is 458 g/mol. The van der Waals surface area contributed by atoms with Crippen LogP contribution in [0.2, 0.25) is 10.1 Å². The van der Waals surface area contributed by atoms with Crippen LogP contribution in [0.3, 0.4) is 0 Å². The van der Waals surface area contributed by atoms with E-state index in [1.54, 1.807) is 0 Å². The lowest BCUT2D eigenvalue weighted by molar-refractivity contribution is -0.144. The van der Waals surface area contributed by atoms with E-state index in [4.69, 9.17) is 16.0 Å². The zero-order chi connectivity index (χ0) is 24.6. The summed E-state index contributed by atoms with van der Waals surface area (Å²) in [5.74, 6) is 0.297. The minimum atomic E-state index is -0.717. The summed E-state index contributed by atoms with van der Waals surface area (Å²) in [6, 6.07) is 18.8. The van der Waals surface area contributed by atoms with E-state index in [1.165, 1.54) is 5.56 Å². The van der Waals surface area contributed by atoms with Crippen molar-refractivity contribution in [1.29, 1.82) is 0 Å². The number of hydrogen-bond acceptors (Lipinski definition) is 2. The Morgan fingerprint density at radius 3 is 1.97 bits per heavy atom. The second-order valence-electron chi connectivity index (χ2n) is 12.0. The first kappa shape index (κ1) is 25.5. The lowest BCUT2D eigenvalue weighted by atomic mass is 9.61. The molecule has 0 unspecified atom stereocenters. The Labute approximate surface area is 213 Å². The third kappa shape index (κ3) is 4.74. The minimum absolute atomic E-state index is 0.101. The quantitative estimate of drug-likeness (QED) is 0.431. The maximum Gasteiger partial charge on any atom is 0.233 e. The third-order valence-corrected chi connectivity index (χ3v) is 10.2. The average molecular weight is 498 g/mol. The van der Waals surface area contributed by atoms with E-state index in [0.29, 0.717) is 5.91 Å². The van der Waals surface area contributed by atoms with E-state index in [0.717, 1.165) is 55.8 Å². The lowest BCUT2D eigenvalue weighted by Gasteiger charge is -2.54. The van der Waals surface area contributed by atoms with Gasteiger partial charge in [0, 0.05) is 23.5 Å². The van der Waals surface area contributed by atoms with E-state index < -0.39 is 9.76 Å². The Morgan fingerprint density at radius 2 is 1.47 bits per heavy atom. The molecule has 2 aromatic carbocycles. The monoisotopic (exact) mass is 497 g/mol. The summed E-state index contributed by atoms with van der Waals surface area (Å²) < 4.78 is 6.79. The lowest BCUT2D eigenvalue weighted by Crippen LogP contribution is -2.59. The summed E-state index contributed by atoms with van der Waals surface area (Å²) in [5, 5.41) is 0.957. The van der Waals surface area contributed by atoms with Crippen LogP contribution in [0.15, 0.2) is 54.6 Å². The van der Waals surface area contributed by atoms with Crippen LogP contribution in [0.5, 0.6) is 0 Å². The van der Waals surface area contributed by atoms with Crippen LogP contribution in [-0.4, -0.2) is 39.3 Å². The number of likely N-dealkylation sites (tertiary alicyclic amines) is 1. The highest BCUT2D eigenvalue weighted by Crippen LogP contribution is 2.49. The molecule has 1 saturated carbocycles. The number of nitrogens with zero attached hydrogens (tertiary/aromatic N) is 1. The third-order valence-electron chi connectivity index (χ3n) is 8.26. The standard InChI is InChI=1S/C29H40ClNO2Si/c1-26(2,3)34-33-27(4,5)29(23-10-7-6-8-11-23)18-20-31(21-19-29)25(32)28(16-9-17-28)22-12-14-24(30)15-13-22/h6-8,10-15H,9,16-21,34H2,1-5H3. The predicted octanol–water partition coefficient (Wildman–Crippen LogP) is 6.42. The second-order valence-corrected chi connectivity index (χ2v) is 15.2. The van der Waals surface area contributed by atoms with E-state index in [-0.39, 0.29) is 21.5 Å². The Hall–Kier alpha value is -1.62. The first-order chi connectivity index (χ1) is 16.0. The summed E-state index contributed by atoms with van der Waals surface area (Å²) in [5.41, 5.74) is 1.70. The van der Waals surface area contributed by atoms with Gasteiger partial charge in [-0.1, -0.05) is 81.3 Å². The first-order valence-electron chi connectivity index (χ1n) is 12.7. The van der Waals surface area contributed by atoms with Gasteiger partial charge < -0.3 is 9.33 Å². The molecule has 0 atom stereocenters. The summed E-state index contributed by atoms with van der Waals surface area (Å²) in [6.07, 6.45) is 4.81. The maximum atomic E-state index is 13.9. The van der Waals surface area contributed by atoms with Crippen LogP contribution in [0.4, 0.5) is 0 Å². The van der Waals surface area contributed by atoms with Gasteiger partial charge in [-0.2, -0.15) is 0 Å². The summed E-state index contributed by atoms with van der Waals surface area (Å²) >= 11 is 6.13. The van der Waals surface area contributed by atoms with Gasteiger partial charge in [0.2, 0.25) is 5.91 Å². The van der Waals surface area contributed by atoms with Gasteiger partial charge in [-0.25, -0.2) is 0 Å². The van der Waals surface area contributed by atoms with Crippen molar-refractivity contribution in [3.63, 3.8) is 0 Å². The predicted molar refractivity (Wildman–Crippen MR) is 144 cm³/mol. The number of benzene rings is 2. The molecule has 1 aliphatic carbocycles. The molecule has 2 fully saturated rings. The van der Waals surface area contributed by atoms with E-state index >= 15 is 0 Å². The van der Waals surface area contributed by atoms with Crippen molar-refractivity contribution in [2.75, 3.05) is 13.1 Å². The van der Waals surface area contributed by atoms with E-state index in [1.807, 2.05) is 24.3 Å². The molecular formula is C29H40ClNO2Si. The number of rotatable bonds is 6. The number of piperidine rings is 1. The molecule has 2 aliphatic rings. The molecule has 3 nitrogen and oxygen atoms in total. The van der Waals surface area contributed by atoms with Gasteiger partial charge in [-0.15, -0.1) is 0 Å². The van der Waals surface area contributed by atoms with Gasteiger partial charge in [0.15, 0.2) is 9.76 Å². The molecule has 0 N–H and O–H groups in total. The van der Waals surface area contributed by atoms with Crippen LogP contribution < -0.4 is 0 Å². The topological polar surface area (TPSA) is 29.5 Å². The van der Waals surface area contributed by atoms with Gasteiger partial charge >= 0.3 is 0 Å². The Bertz CT molecular complexity index is 985. The van der Waals surface area contributed by atoms with Crippen LogP contribution >= 0.6 is 11.6 Å². The highest BCUT2D eigenvalue weighted by atomic mass is 35.5. The van der Waals surface area contributed by atoms with Crippen molar-refractivity contribution >= 4 is 27.3 Å². The smallest absolute Gasteiger partial charge is 0.233 e. The van der Waals surface area contributed by atoms with Crippen LogP contribution in [0.25, 0.3) is 0 Å². The molecule has 1 aliphatic heterocycles. The molecule has 0 spiro atoms. The van der Waals surface area contributed by atoms with Crippen molar-refractivity contribution in [2.45, 2.75) is 88.2 Å². The summed E-state index contributed by atoms with van der Waals surface area (Å²) in [6.45, 7) is 12.9. The maximum absolute atomic E-state index is 13.9. The molecule has 1 saturated heterocycles. The summed E-state index contributed by atoms with van der Waals surface area (Å²) in [4.78, 5) is 16.0. The molecule has 0 aromatic heterocycles. The fourth-order valence-corrected chi connectivity index (χ4v) is 7.05. The SMILES string of the molecule is CC(C)(C)[SiH2]OC(C)(C)C1(c2ccccc2)CCN(C(=O)C2(c3ccc(Cl)cc3)CCC2)CC1. The number of halogens is 1. The second kappa shape index (κ2) is 9.44. The Kier molecular flexibility index (Phi) is 7.07. The van der Waals surface area contributed by atoms with E-state index in [9.17, 15) is 4.79 Å². The molecule has 1 heterocycles. The van der Waals surface area contributed by atoms with Crippen molar-refractivity contribution in [3.05, 3.63) is 70.7 Å². The zero-order valence-corrected chi connectivity index (χ0v) is 23.7. The van der Waals surface area contributed by atoms with Crippen LogP contribution in [-0.2, 0) is 20.1 Å². The van der Waals surface area contributed by atoms with Crippen molar-refractivity contribution in [3.8, 4) is 0 Å². The Balaban J connectivity index is 1.57. The average Bonchev–Trinajstić information content (AvgIpc) is 2.78. The van der Waals surface area contributed by atoms with E-state index in [2.05, 4.69) is 69.9 Å². The normalized spacial score (nSPS) is 20.4. The van der Waals surface area contributed by atoms with Gasteiger partial charge in [-0.05, 0) is 67.8 Å².